The summed E-state index contributed by atoms with van der Waals surface area (Å²) in [6.45, 7) is 6.80. The van der Waals surface area contributed by atoms with Crippen molar-refractivity contribution in [3.8, 4) is 0 Å². The van der Waals surface area contributed by atoms with Crippen LogP contribution >= 0.6 is 0 Å². The fraction of sp³-hybridized carbons (Fsp3) is 0.667. The van der Waals surface area contributed by atoms with Gasteiger partial charge in [-0.3, -0.25) is 4.79 Å². The molecular formula is C15H22O. The number of rotatable bonds is 2. The molecule has 1 nitrogen and oxygen atoms in total. The lowest BCUT2D eigenvalue weighted by Gasteiger charge is -2.41. The van der Waals surface area contributed by atoms with Gasteiger partial charge in [-0.25, -0.2) is 0 Å². The molecule has 0 bridgehead atoms. The molecule has 2 rings (SSSR count). The van der Waals surface area contributed by atoms with Crippen LogP contribution in [0.1, 0.15) is 59.3 Å². The molecule has 2 aliphatic carbocycles. The zero-order chi connectivity index (χ0) is 11.8. The second kappa shape index (κ2) is 4.20. The molecule has 0 N–H and O–H groups in total. The molecule has 0 aromatic rings. The smallest absolute Gasteiger partial charge is 0.156 e. The number of hydrogen-bond acceptors (Lipinski definition) is 1. The number of allylic oxidation sites excluding steroid dienone is 4. The summed E-state index contributed by atoms with van der Waals surface area (Å²) in [6.07, 6.45) is 8.51. The van der Waals surface area contributed by atoms with E-state index in [4.69, 9.17) is 0 Å². The number of hydrogen-bond donors (Lipinski definition) is 0. The maximum atomic E-state index is 11.6. The lowest BCUT2D eigenvalue weighted by Crippen LogP contribution is -2.29. The Balaban J connectivity index is 2.44. The molecule has 1 atom stereocenters. The van der Waals surface area contributed by atoms with E-state index >= 15 is 0 Å². The van der Waals surface area contributed by atoms with Crippen molar-refractivity contribution < 1.29 is 4.79 Å². The van der Waals surface area contributed by atoms with Crippen molar-refractivity contribution in [2.24, 2.45) is 5.41 Å². The summed E-state index contributed by atoms with van der Waals surface area (Å²) in [4.78, 5) is 11.6. The van der Waals surface area contributed by atoms with Gasteiger partial charge in [-0.1, -0.05) is 25.8 Å². The maximum absolute atomic E-state index is 11.6. The van der Waals surface area contributed by atoms with Gasteiger partial charge in [0.25, 0.3) is 0 Å². The van der Waals surface area contributed by atoms with Gasteiger partial charge in [0.15, 0.2) is 5.78 Å². The van der Waals surface area contributed by atoms with Crippen LogP contribution in [-0.2, 0) is 4.79 Å². The van der Waals surface area contributed by atoms with Crippen molar-refractivity contribution >= 4 is 5.78 Å². The van der Waals surface area contributed by atoms with Crippen LogP contribution in [-0.4, -0.2) is 5.78 Å². The molecule has 0 saturated carbocycles. The molecule has 0 heterocycles. The lowest BCUT2D eigenvalue weighted by atomic mass is 9.63. The first kappa shape index (κ1) is 11.6. The summed E-state index contributed by atoms with van der Waals surface area (Å²) in [5.41, 5.74) is 4.66. The molecule has 88 valence electrons. The maximum Gasteiger partial charge on any atom is 0.156 e. The fourth-order valence-corrected chi connectivity index (χ4v) is 3.09. The molecule has 16 heavy (non-hydrogen) atoms. The van der Waals surface area contributed by atoms with Gasteiger partial charge in [0.2, 0.25) is 0 Å². The molecular weight excluding hydrogens is 196 g/mol. The first-order valence-electron chi connectivity index (χ1n) is 6.51. The van der Waals surface area contributed by atoms with Gasteiger partial charge in [0.05, 0.1) is 0 Å². The van der Waals surface area contributed by atoms with Crippen LogP contribution in [0.2, 0.25) is 0 Å². The topological polar surface area (TPSA) is 17.1 Å². The number of carbonyl (C=O) groups excluding carboxylic acids is 1. The van der Waals surface area contributed by atoms with E-state index in [1.807, 2.05) is 6.08 Å². The Morgan fingerprint density at radius 1 is 1.31 bits per heavy atom. The highest BCUT2D eigenvalue weighted by Gasteiger charge is 2.37. The van der Waals surface area contributed by atoms with Crippen LogP contribution in [0.25, 0.3) is 0 Å². The Labute approximate surface area is 98.6 Å². The summed E-state index contributed by atoms with van der Waals surface area (Å²) in [6, 6.07) is 0. The minimum absolute atomic E-state index is 0.290. The predicted molar refractivity (Wildman–Crippen MR) is 67.3 cm³/mol. The summed E-state index contributed by atoms with van der Waals surface area (Å²) in [5, 5.41) is 0. The molecule has 0 aromatic heterocycles. The van der Waals surface area contributed by atoms with Gasteiger partial charge in [-0.15, -0.1) is 0 Å². The Morgan fingerprint density at radius 3 is 2.69 bits per heavy atom. The van der Waals surface area contributed by atoms with Crippen LogP contribution in [0.15, 0.2) is 22.8 Å². The molecule has 1 unspecified atom stereocenters. The predicted octanol–water partition coefficient (Wildman–Crippen LogP) is 4.19. The number of carbonyl (C=O) groups is 1. The standard InChI is InChI=1S/C15H22O/c1-4-5-13-11(2)6-8-15(3)9-7-12(16)10-14(13)15/h10H,4-9H2,1-3H3. The van der Waals surface area contributed by atoms with Crippen molar-refractivity contribution in [1.82, 2.24) is 0 Å². The van der Waals surface area contributed by atoms with Crippen molar-refractivity contribution in [3.63, 3.8) is 0 Å². The molecule has 0 spiro atoms. The average molecular weight is 218 g/mol. The first-order valence-corrected chi connectivity index (χ1v) is 6.51. The summed E-state index contributed by atoms with van der Waals surface area (Å²) in [5.74, 6) is 0.329. The summed E-state index contributed by atoms with van der Waals surface area (Å²) >= 11 is 0. The van der Waals surface area contributed by atoms with Crippen LogP contribution < -0.4 is 0 Å². The highest BCUT2D eigenvalue weighted by atomic mass is 16.1. The van der Waals surface area contributed by atoms with Crippen LogP contribution in [0.5, 0.6) is 0 Å². The van der Waals surface area contributed by atoms with Crippen molar-refractivity contribution in [2.45, 2.75) is 59.3 Å². The molecule has 0 aliphatic heterocycles. The van der Waals surface area contributed by atoms with Gasteiger partial charge in [-0.2, -0.15) is 0 Å². The second-order valence-corrected chi connectivity index (χ2v) is 5.59. The zero-order valence-corrected chi connectivity index (χ0v) is 10.7. The third-order valence-electron chi connectivity index (χ3n) is 4.27. The fourth-order valence-electron chi connectivity index (χ4n) is 3.09. The van der Waals surface area contributed by atoms with Crippen molar-refractivity contribution in [3.05, 3.63) is 22.8 Å². The van der Waals surface area contributed by atoms with Gasteiger partial charge < -0.3 is 0 Å². The monoisotopic (exact) mass is 218 g/mol. The van der Waals surface area contributed by atoms with E-state index in [9.17, 15) is 4.79 Å². The SMILES string of the molecule is CCCC1=C(C)CCC2(C)CCC(=O)C=C12. The Hall–Kier alpha value is -0.850. The zero-order valence-electron chi connectivity index (χ0n) is 10.7. The van der Waals surface area contributed by atoms with Crippen LogP contribution in [0.3, 0.4) is 0 Å². The van der Waals surface area contributed by atoms with E-state index in [1.54, 1.807) is 0 Å². The Kier molecular flexibility index (Phi) is 3.05. The van der Waals surface area contributed by atoms with E-state index in [-0.39, 0.29) is 5.41 Å². The van der Waals surface area contributed by atoms with E-state index in [1.165, 1.54) is 36.0 Å². The van der Waals surface area contributed by atoms with Crippen LogP contribution in [0.4, 0.5) is 0 Å². The second-order valence-electron chi connectivity index (χ2n) is 5.59. The molecule has 1 heteroatoms. The van der Waals surface area contributed by atoms with Crippen LogP contribution in [0, 0.1) is 5.41 Å². The van der Waals surface area contributed by atoms with Crippen molar-refractivity contribution in [2.75, 3.05) is 0 Å². The third-order valence-corrected chi connectivity index (χ3v) is 4.27. The highest BCUT2D eigenvalue weighted by Crippen LogP contribution is 2.49. The molecule has 0 amide bonds. The van der Waals surface area contributed by atoms with E-state index in [0.29, 0.717) is 5.78 Å². The van der Waals surface area contributed by atoms with Gasteiger partial charge >= 0.3 is 0 Å². The highest BCUT2D eigenvalue weighted by molar-refractivity contribution is 5.92. The Bertz CT molecular complexity index is 373. The van der Waals surface area contributed by atoms with E-state index in [2.05, 4.69) is 20.8 Å². The quantitative estimate of drug-likeness (QED) is 0.679. The minimum Gasteiger partial charge on any atom is -0.295 e. The van der Waals surface area contributed by atoms with Gasteiger partial charge in [0, 0.05) is 6.42 Å². The van der Waals surface area contributed by atoms with Gasteiger partial charge in [0.1, 0.15) is 0 Å². The van der Waals surface area contributed by atoms with E-state index in [0.717, 1.165) is 19.3 Å². The summed E-state index contributed by atoms with van der Waals surface area (Å²) in [7, 11) is 0. The average Bonchev–Trinajstić information content (AvgIpc) is 2.26. The molecule has 0 radical (unpaired) electrons. The first-order chi connectivity index (χ1) is 7.57. The Morgan fingerprint density at radius 2 is 2.00 bits per heavy atom. The molecule has 0 fully saturated rings. The van der Waals surface area contributed by atoms with E-state index < -0.39 is 0 Å². The molecule has 2 aliphatic rings. The lowest BCUT2D eigenvalue weighted by molar-refractivity contribution is -0.115. The largest absolute Gasteiger partial charge is 0.295 e. The minimum atomic E-state index is 0.290. The molecule has 0 saturated heterocycles. The number of fused-ring (bicyclic) bond motifs is 1. The summed E-state index contributed by atoms with van der Waals surface area (Å²) < 4.78 is 0. The van der Waals surface area contributed by atoms with Gasteiger partial charge in [-0.05, 0) is 55.2 Å². The van der Waals surface area contributed by atoms with Crippen molar-refractivity contribution in [1.29, 1.82) is 0 Å². The molecule has 0 aromatic carbocycles. The number of ketones is 1. The normalized spacial score (nSPS) is 30.2. The third kappa shape index (κ3) is 1.88.